The van der Waals surface area contributed by atoms with E-state index < -0.39 is 0 Å². The largest absolute Gasteiger partial charge is 0.384 e. The highest BCUT2D eigenvalue weighted by atomic mass is 15.2. The normalized spacial score (nSPS) is 11.0. The van der Waals surface area contributed by atoms with Crippen molar-refractivity contribution >= 4 is 11.6 Å². The van der Waals surface area contributed by atoms with Crippen molar-refractivity contribution < 1.29 is 0 Å². The van der Waals surface area contributed by atoms with Crippen LogP contribution in [0.5, 0.6) is 0 Å². The standard InChI is InChI=1S/C12H19N5/c1-12(2,3)11-15-9(14)8-10(16-11)17(4)7-5-6-13/h8H,5,7H2,1-4H3,(H2,14,15,16). The van der Waals surface area contributed by atoms with Gasteiger partial charge in [-0.1, -0.05) is 20.8 Å². The fourth-order valence-corrected chi connectivity index (χ4v) is 1.32. The van der Waals surface area contributed by atoms with Crippen molar-refractivity contribution in [2.75, 3.05) is 24.2 Å². The zero-order valence-corrected chi connectivity index (χ0v) is 10.9. The molecule has 0 aliphatic rings. The Labute approximate surface area is 102 Å². The smallest absolute Gasteiger partial charge is 0.138 e. The first-order chi connectivity index (χ1) is 7.84. The Morgan fingerprint density at radius 1 is 1.41 bits per heavy atom. The van der Waals surface area contributed by atoms with Gasteiger partial charge in [0.05, 0.1) is 12.5 Å². The molecule has 0 amide bonds. The van der Waals surface area contributed by atoms with E-state index in [-0.39, 0.29) is 5.41 Å². The predicted octanol–water partition coefficient (Wildman–Crippen LogP) is 1.71. The maximum Gasteiger partial charge on any atom is 0.138 e. The summed E-state index contributed by atoms with van der Waals surface area (Å²) in [6, 6.07) is 3.84. The highest BCUT2D eigenvalue weighted by Crippen LogP contribution is 2.22. The number of anilines is 2. The van der Waals surface area contributed by atoms with Gasteiger partial charge >= 0.3 is 0 Å². The summed E-state index contributed by atoms with van der Waals surface area (Å²) in [7, 11) is 1.89. The van der Waals surface area contributed by atoms with E-state index in [4.69, 9.17) is 11.0 Å². The van der Waals surface area contributed by atoms with Gasteiger partial charge in [-0.15, -0.1) is 0 Å². The molecule has 0 aromatic carbocycles. The molecule has 0 unspecified atom stereocenters. The first-order valence-electron chi connectivity index (χ1n) is 5.57. The fraction of sp³-hybridized carbons (Fsp3) is 0.583. The number of nitrogen functional groups attached to an aromatic ring is 1. The molecule has 0 aliphatic heterocycles. The van der Waals surface area contributed by atoms with Gasteiger partial charge in [0, 0.05) is 25.1 Å². The molecule has 0 saturated carbocycles. The summed E-state index contributed by atoms with van der Waals surface area (Å²) in [5.41, 5.74) is 5.64. The third-order valence-electron chi connectivity index (χ3n) is 2.35. The molecule has 0 radical (unpaired) electrons. The van der Waals surface area contributed by atoms with Crippen molar-refractivity contribution in [3.8, 4) is 6.07 Å². The Hall–Kier alpha value is -1.83. The third kappa shape index (κ3) is 3.59. The van der Waals surface area contributed by atoms with Crippen molar-refractivity contribution in [1.29, 1.82) is 5.26 Å². The predicted molar refractivity (Wildman–Crippen MR) is 68.6 cm³/mol. The van der Waals surface area contributed by atoms with E-state index in [1.165, 1.54) is 0 Å². The van der Waals surface area contributed by atoms with Crippen LogP contribution in [0.25, 0.3) is 0 Å². The molecule has 0 fully saturated rings. The van der Waals surface area contributed by atoms with Gasteiger partial charge < -0.3 is 10.6 Å². The van der Waals surface area contributed by atoms with Crippen LogP contribution >= 0.6 is 0 Å². The third-order valence-corrected chi connectivity index (χ3v) is 2.35. The van der Waals surface area contributed by atoms with Crippen LogP contribution in [0.1, 0.15) is 33.0 Å². The Kier molecular flexibility index (Phi) is 3.89. The lowest BCUT2D eigenvalue weighted by Crippen LogP contribution is -2.23. The molecule has 0 atom stereocenters. The minimum atomic E-state index is -0.139. The van der Waals surface area contributed by atoms with Gasteiger partial charge in [-0.05, 0) is 0 Å². The monoisotopic (exact) mass is 233 g/mol. The topological polar surface area (TPSA) is 78.8 Å². The van der Waals surface area contributed by atoms with Crippen molar-refractivity contribution in [3.63, 3.8) is 0 Å². The second-order valence-corrected chi connectivity index (χ2v) is 5.05. The van der Waals surface area contributed by atoms with Crippen LogP contribution < -0.4 is 10.6 Å². The minimum absolute atomic E-state index is 0.139. The van der Waals surface area contributed by atoms with Crippen LogP contribution in [0.15, 0.2) is 6.07 Å². The van der Waals surface area contributed by atoms with Crippen LogP contribution in [-0.2, 0) is 5.41 Å². The molecule has 92 valence electrons. The van der Waals surface area contributed by atoms with E-state index in [1.54, 1.807) is 6.07 Å². The average molecular weight is 233 g/mol. The summed E-state index contributed by atoms with van der Waals surface area (Å²) in [4.78, 5) is 10.6. The number of nitrogens with zero attached hydrogens (tertiary/aromatic N) is 4. The van der Waals surface area contributed by atoms with Crippen LogP contribution in [0.3, 0.4) is 0 Å². The summed E-state index contributed by atoms with van der Waals surface area (Å²) in [5, 5.41) is 8.57. The minimum Gasteiger partial charge on any atom is -0.384 e. The first-order valence-corrected chi connectivity index (χ1v) is 5.57. The Balaban J connectivity index is 3.02. The van der Waals surface area contributed by atoms with Crippen molar-refractivity contribution in [3.05, 3.63) is 11.9 Å². The molecule has 0 aliphatic carbocycles. The van der Waals surface area contributed by atoms with Crippen LogP contribution in [0, 0.1) is 11.3 Å². The molecule has 0 saturated heterocycles. The first kappa shape index (κ1) is 13.2. The van der Waals surface area contributed by atoms with E-state index in [1.807, 2.05) is 32.7 Å². The van der Waals surface area contributed by atoms with Crippen molar-refractivity contribution in [2.45, 2.75) is 32.6 Å². The molecule has 5 heteroatoms. The van der Waals surface area contributed by atoms with E-state index in [2.05, 4.69) is 16.0 Å². The number of hydrogen-bond donors (Lipinski definition) is 1. The van der Waals surface area contributed by atoms with Crippen molar-refractivity contribution in [2.24, 2.45) is 0 Å². The zero-order chi connectivity index (χ0) is 13.1. The molecule has 1 aromatic heterocycles. The number of rotatable bonds is 3. The van der Waals surface area contributed by atoms with Gasteiger partial charge in [0.2, 0.25) is 0 Å². The average Bonchev–Trinajstić information content (AvgIpc) is 2.23. The SMILES string of the molecule is CN(CCC#N)c1cc(N)nc(C(C)(C)C)n1. The van der Waals surface area contributed by atoms with E-state index >= 15 is 0 Å². The molecule has 1 aromatic rings. The molecule has 17 heavy (non-hydrogen) atoms. The van der Waals surface area contributed by atoms with Gasteiger partial charge in [-0.3, -0.25) is 0 Å². The van der Waals surface area contributed by atoms with Crippen LogP contribution in [0.4, 0.5) is 11.6 Å². The summed E-state index contributed by atoms with van der Waals surface area (Å²) in [6.07, 6.45) is 0.464. The number of nitrogens with two attached hydrogens (primary N) is 1. The van der Waals surface area contributed by atoms with Gasteiger partial charge in [0.1, 0.15) is 17.5 Å². The number of nitriles is 1. The molecule has 1 heterocycles. The maximum absolute atomic E-state index is 8.57. The summed E-state index contributed by atoms with van der Waals surface area (Å²) < 4.78 is 0. The summed E-state index contributed by atoms with van der Waals surface area (Å²) >= 11 is 0. The molecule has 0 spiro atoms. The second kappa shape index (κ2) is 5.00. The Morgan fingerprint density at radius 3 is 2.59 bits per heavy atom. The van der Waals surface area contributed by atoms with Gasteiger partial charge in [0.15, 0.2) is 0 Å². The number of hydrogen-bond acceptors (Lipinski definition) is 5. The molecular formula is C12H19N5. The molecule has 1 rings (SSSR count). The van der Waals surface area contributed by atoms with E-state index in [9.17, 15) is 0 Å². The van der Waals surface area contributed by atoms with Gasteiger partial charge in [-0.25, -0.2) is 9.97 Å². The molecule has 5 nitrogen and oxygen atoms in total. The quantitative estimate of drug-likeness (QED) is 0.859. The maximum atomic E-state index is 8.57. The second-order valence-electron chi connectivity index (χ2n) is 5.05. The highest BCUT2D eigenvalue weighted by Gasteiger charge is 2.19. The van der Waals surface area contributed by atoms with Crippen LogP contribution in [-0.4, -0.2) is 23.6 Å². The summed E-state index contributed by atoms with van der Waals surface area (Å²) in [5.74, 6) is 1.94. The molecular weight excluding hydrogens is 214 g/mol. The summed E-state index contributed by atoms with van der Waals surface area (Å²) in [6.45, 7) is 6.76. The van der Waals surface area contributed by atoms with Gasteiger partial charge in [0.25, 0.3) is 0 Å². The fourth-order valence-electron chi connectivity index (χ4n) is 1.32. The molecule has 2 N–H and O–H groups in total. The lowest BCUT2D eigenvalue weighted by atomic mass is 9.96. The van der Waals surface area contributed by atoms with Crippen molar-refractivity contribution in [1.82, 2.24) is 9.97 Å². The van der Waals surface area contributed by atoms with E-state index in [0.29, 0.717) is 18.8 Å². The highest BCUT2D eigenvalue weighted by molar-refractivity contribution is 5.47. The molecule has 0 bridgehead atoms. The van der Waals surface area contributed by atoms with Gasteiger partial charge in [-0.2, -0.15) is 5.26 Å². The Morgan fingerprint density at radius 2 is 2.06 bits per heavy atom. The Bertz CT molecular complexity index is 428. The number of aromatic nitrogens is 2. The lowest BCUT2D eigenvalue weighted by molar-refractivity contribution is 0.545. The van der Waals surface area contributed by atoms with Crippen LogP contribution in [0.2, 0.25) is 0 Å². The van der Waals surface area contributed by atoms with E-state index in [0.717, 1.165) is 11.6 Å². The lowest BCUT2D eigenvalue weighted by Gasteiger charge is -2.21. The zero-order valence-electron chi connectivity index (χ0n) is 10.9.